The molecular formula is C40H48N4O3. The van der Waals surface area contributed by atoms with E-state index in [2.05, 4.69) is 78.8 Å². The number of fused-ring (bicyclic) bond motifs is 3. The molecule has 47 heavy (non-hydrogen) atoms. The topological polar surface area (TPSA) is 67.7 Å². The maximum Gasteiger partial charge on any atom is 0.337 e. The van der Waals surface area contributed by atoms with Crippen LogP contribution in [0.3, 0.4) is 0 Å². The fraction of sp³-hybridized carbons (Fsp3) is 0.475. The molecule has 1 amide bonds. The lowest BCUT2D eigenvalue weighted by Gasteiger charge is -2.46. The Morgan fingerprint density at radius 1 is 0.894 bits per heavy atom. The highest BCUT2D eigenvalue weighted by Crippen LogP contribution is 2.45. The first-order valence-electron chi connectivity index (χ1n) is 17.5. The van der Waals surface area contributed by atoms with Crippen LogP contribution in [-0.2, 0) is 10.2 Å². The number of nitrogens with zero attached hydrogens (tertiary/aromatic N) is 4. The van der Waals surface area contributed by atoms with Gasteiger partial charge in [-0.2, -0.15) is 0 Å². The minimum absolute atomic E-state index is 0.0121. The van der Waals surface area contributed by atoms with Crippen LogP contribution in [0, 0.1) is 6.92 Å². The third-order valence-corrected chi connectivity index (χ3v) is 11.6. The maximum atomic E-state index is 13.6. The van der Waals surface area contributed by atoms with Gasteiger partial charge >= 0.3 is 5.97 Å². The number of benzene rings is 3. The van der Waals surface area contributed by atoms with Gasteiger partial charge in [0.15, 0.2) is 0 Å². The number of para-hydroxylation sites is 2. The van der Waals surface area contributed by atoms with Crippen LogP contribution in [0.25, 0.3) is 11.0 Å². The molecule has 246 valence electrons. The number of methoxy groups -OCH3 is 1. The van der Waals surface area contributed by atoms with E-state index in [-0.39, 0.29) is 11.3 Å². The minimum Gasteiger partial charge on any atom is -0.465 e. The summed E-state index contributed by atoms with van der Waals surface area (Å²) in [5.74, 6) is 1.19. The first-order valence-corrected chi connectivity index (χ1v) is 17.5. The molecule has 0 spiro atoms. The Bertz CT molecular complexity index is 1740. The second-order valence-electron chi connectivity index (χ2n) is 14.4. The van der Waals surface area contributed by atoms with E-state index >= 15 is 0 Å². The number of hydrogen-bond donors (Lipinski definition) is 0. The number of piperidine rings is 2. The summed E-state index contributed by atoms with van der Waals surface area (Å²) in [6.45, 7) is 9.15. The molecule has 4 heterocycles. The SMILES string of the molecule is COC(=O)c1cccc(C(=O)N2CCC(CCN3[C@@H]4CC[C@H]3C[C@@H](n3c(C)nc5ccccc53)C4)(c3ccc(C(C)C)cc3)CC2)c1. The average Bonchev–Trinajstić information content (AvgIpc) is 3.56. The second-order valence-corrected chi connectivity index (χ2v) is 14.4. The molecule has 3 aliphatic heterocycles. The predicted molar refractivity (Wildman–Crippen MR) is 186 cm³/mol. The molecule has 0 N–H and O–H groups in total. The summed E-state index contributed by atoms with van der Waals surface area (Å²) in [5.41, 5.74) is 6.12. The highest BCUT2D eigenvalue weighted by Gasteiger charge is 2.44. The van der Waals surface area contributed by atoms with Gasteiger partial charge in [0.25, 0.3) is 5.91 Å². The third-order valence-electron chi connectivity index (χ3n) is 11.6. The van der Waals surface area contributed by atoms with Crippen molar-refractivity contribution < 1.29 is 14.3 Å². The fourth-order valence-electron chi connectivity index (χ4n) is 8.91. The van der Waals surface area contributed by atoms with Gasteiger partial charge in [-0.15, -0.1) is 0 Å². The average molecular weight is 633 g/mol. The number of hydrogen-bond acceptors (Lipinski definition) is 5. The molecule has 4 aromatic rings. The Hall–Kier alpha value is -3.97. The molecule has 0 aliphatic carbocycles. The molecule has 7 rings (SSSR count). The van der Waals surface area contributed by atoms with Gasteiger partial charge in [-0.3, -0.25) is 9.69 Å². The van der Waals surface area contributed by atoms with Gasteiger partial charge in [0.1, 0.15) is 5.82 Å². The van der Waals surface area contributed by atoms with Gasteiger partial charge in [0.2, 0.25) is 0 Å². The molecule has 0 radical (unpaired) electrons. The number of likely N-dealkylation sites (tertiary alicyclic amines) is 1. The standard InChI is InChI=1S/C40H48N4O3/c1-27(2)29-12-14-32(15-13-29)40(18-21-42(22-19-40)38(45)30-8-7-9-31(24-30)39(46)47-4)20-23-43-33-16-17-34(43)26-35(25-33)44-28(3)41-36-10-5-6-11-37(36)44/h5-15,24,27,33-35H,16-23,25-26H2,1-4H3/t33-,34+,35+. The second kappa shape index (κ2) is 12.9. The van der Waals surface area contributed by atoms with Gasteiger partial charge in [0, 0.05) is 36.8 Å². The first-order chi connectivity index (χ1) is 22.8. The Balaban J connectivity index is 1.08. The number of aromatic nitrogens is 2. The molecule has 3 saturated heterocycles. The molecule has 7 nitrogen and oxygen atoms in total. The Morgan fingerprint density at radius 3 is 2.26 bits per heavy atom. The zero-order chi connectivity index (χ0) is 32.7. The summed E-state index contributed by atoms with van der Waals surface area (Å²) in [6.07, 6.45) is 7.87. The number of amides is 1. The number of imidazole rings is 1. The molecule has 3 aromatic carbocycles. The summed E-state index contributed by atoms with van der Waals surface area (Å²) in [5, 5.41) is 0. The van der Waals surface area contributed by atoms with Crippen molar-refractivity contribution in [3.05, 3.63) is 101 Å². The maximum absolute atomic E-state index is 13.6. The summed E-state index contributed by atoms with van der Waals surface area (Å²) in [7, 11) is 1.37. The van der Waals surface area contributed by atoms with Gasteiger partial charge in [-0.1, -0.05) is 56.3 Å². The highest BCUT2D eigenvalue weighted by atomic mass is 16.5. The van der Waals surface area contributed by atoms with E-state index in [1.165, 1.54) is 49.4 Å². The van der Waals surface area contributed by atoms with E-state index in [9.17, 15) is 9.59 Å². The van der Waals surface area contributed by atoms with Crippen LogP contribution in [0.5, 0.6) is 0 Å². The monoisotopic (exact) mass is 632 g/mol. The van der Waals surface area contributed by atoms with Crippen LogP contribution in [-0.4, -0.2) is 70.1 Å². The summed E-state index contributed by atoms with van der Waals surface area (Å²) in [6, 6.07) is 26.5. The van der Waals surface area contributed by atoms with Crippen LogP contribution < -0.4 is 0 Å². The number of ether oxygens (including phenoxy) is 1. The number of carbonyl (C=O) groups excluding carboxylic acids is 2. The third kappa shape index (κ3) is 5.99. The zero-order valence-electron chi connectivity index (χ0n) is 28.3. The van der Waals surface area contributed by atoms with E-state index in [1.807, 2.05) is 4.90 Å². The highest BCUT2D eigenvalue weighted by molar-refractivity contribution is 5.98. The molecule has 3 atom stereocenters. The molecule has 1 aromatic heterocycles. The lowest BCUT2D eigenvalue weighted by molar-refractivity contribution is 0.0600. The zero-order valence-corrected chi connectivity index (χ0v) is 28.3. The van der Waals surface area contributed by atoms with E-state index in [0.29, 0.717) is 48.3 Å². The Kier molecular flexibility index (Phi) is 8.69. The van der Waals surface area contributed by atoms with Crippen molar-refractivity contribution in [3.63, 3.8) is 0 Å². The predicted octanol–water partition coefficient (Wildman–Crippen LogP) is 7.69. The molecule has 0 unspecified atom stereocenters. The molecule has 3 aliphatic rings. The molecule has 7 heteroatoms. The van der Waals surface area contributed by atoms with E-state index < -0.39 is 5.97 Å². The molecular weight excluding hydrogens is 584 g/mol. The smallest absolute Gasteiger partial charge is 0.337 e. The lowest BCUT2D eigenvalue weighted by atomic mass is 9.70. The number of rotatable bonds is 8. The van der Waals surface area contributed by atoms with Gasteiger partial charge < -0.3 is 14.2 Å². The van der Waals surface area contributed by atoms with Crippen molar-refractivity contribution in [1.82, 2.24) is 19.4 Å². The summed E-state index contributed by atoms with van der Waals surface area (Å²) >= 11 is 0. The molecule has 3 fully saturated rings. The first kappa shape index (κ1) is 31.6. The summed E-state index contributed by atoms with van der Waals surface area (Å²) < 4.78 is 7.40. The van der Waals surface area contributed by atoms with Crippen LogP contribution in [0.4, 0.5) is 0 Å². The number of carbonyl (C=O) groups is 2. The van der Waals surface area contributed by atoms with Gasteiger partial charge in [0.05, 0.1) is 23.7 Å². The van der Waals surface area contributed by atoms with Crippen LogP contribution >= 0.6 is 0 Å². The quantitative estimate of drug-likeness (QED) is 0.186. The van der Waals surface area contributed by atoms with Crippen molar-refractivity contribution >= 4 is 22.9 Å². The largest absolute Gasteiger partial charge is 0.465 e. The van der Waals surface area contributed by atoms with Crippen LogP contribution in [0.2, 0.25) is 0 Å². The van der Waals surface area contributed by atoms with Crippen molar-refractivity contribution in [2.75, 3.05) is 26.7 Å². The Labute approximate surface area is 278 Å². The minimum atomic E-state index is -0.423. The normalized spacial score (nSPS) is 22.6. The number of esters is 1. The van der Waals surface area contributed by atoms with Crippen molar-refractivity contribution in [2.24, 2.45) is 0 Å². The van der Waals surface area contributed by atoms with Crippen molar-refractivity contribution in [3.8, 4) is 0 Å². The number of aryl methyl sites for hydroxylation is 1. The van der Waals surface area contributed by atoms with Crippen molar-refractivity contribution in [1.29, 1.82) is 0 Å². The lowest BCUT2D eigenvalue weighted by Crippen LogP contribution is -2.49. The van der Waals surface area contributed by atoms with E-state index in [0.717, 1.165) is 37.1 Å². The molecule has 0 saturated carbocycles. The Morgan fingerprint density at radius 2 is 1.57 bits per heavy atom. The molecule has 2 bridgehead atoms. The van der Waals surface area contributed by atoms with Gasteiger partial charge in [-0.25, -0.2) is 9.78 Å². The summed E-state index contributed by atoms with van der Waals surface area (Å²) in [4.78, 5) is 35.4. The van der Waals surface area contributed by atoms with Gasteiger partial charge in [-0.05, 0) is 111 Å². The van der Waals surface area contributed by atoms with E-state index in [4.69, 9.17) is 9.72 Å². The van der Waals surface area contributed by atoms with Crippen LogP contribution in [0.15, 0.2) is 72.8 Å². The van der Waals surface area contributed by atoms with Crippen molar-refractivity contribution in [2.45, 2.75) is 95.2 Å². The fourth-order valence-corrected chi connectivity index (χ4v) is 8.91. The van der Waals surface area contributed by atoms with Crippen LogP contribution in [0.1, 0.15) is 108 Å². The van der Waals surface area contributed by atoms with E-state index in [1.54, 1.807) is 24.3 Å².